The van der Waals surface area contributed by atoms with Crippen LogP contribution >= 0.6 is 0 Å². The topological polar surface area (TPSA) is 81.0 Å². The minimum absolute atomic E-state index is 0.136. The molecular formula is C12H17NO4. The Hall–Kier alpha value is -1.59. The predicted molar refractivity (Wildman–Crippen MR) is 62.9 cm³/mol. The maximum Gasteiger partial charge on any atom is 0.254 e. The van der Waals surface area contributed by atoms with Crippen LogP contribution in [-0.4, -0.2) is 52.4 Å². The number of aliphatic hydroxyl groups is 2. The molecule has 0 saturated carbocycles. The largest absolute Gasteiger partial charge is 0.508 e. The SMILES string of the molecule is Cc1cc(C(=O)N(CCO)CCO)ccc1O. The van der Waals surface area contributed by atoms with E-state index in [0.29, 0.717) is 11.1 Å². The molecule has 5 nitrogen and oxygen atoms in total. The van der Waals surface area contributed by atoms with Crippen molar-refractivity contribution in [3.63, 3.8) is 0 Å². The summed E-state index contributed by atoms with van der Waals surface area (Å²) in [6, 6.07) is 4.56. The minimum Gasteiger partial charge on any atom is -0.508 e. The van der Waals surface area contributed by atoms with E-state index in [9.17, 15) is 9.90 Å². The molecule has 3 N–H and O–H groups in total. The maximum atomic E-state index is 12.0. The van der Waals surface area contributed by atoms with Crippen LogP contribution in [0.4, 0.5) is 0 Å². The molecule has 5 heteroatoms. The lowest BCUT2D eigenvalue weighted by Crippen LogP contribution is -2.35. The predicted octanol–water partition coefficient (Wildman–Crippen LogP) is 0.127. The molecule has 0 aliphatic heterocycles. The van der Waals surface area contributed by atoms with Crippen molar-refractivity contribution in [3.05, 3.63) is 29.3 Å². The molecule has 1 rings (SSSR count). The zero-order chi connectivity index (χ0) is 12.8. The Balaban J connectivity index is 2.88. The van der Waals surface area contributed by atoms with Crippen LogP contribution in [0.2, 0.25) is 0 Å². The van der Waals surface area contributed by atoms with E-state index >= 15 is 0 Å². The Labute approximate surface area is 99.9 Å². The zero-order valence-corrected chi connectivity index (χ0v) is 9.76. The standard InChI is InChI=1S/C12H17NO4/c1-9-8-10(2-3-11(9)16)12(17)13(4-6-14)5-7-15/h2-3,8,14-16H,4-7H2,1H3. The number of aliphatic hydroxyl groups excluding tert-OH is 2. The van der Waals surface area contributed by atoms with Crippen molar-refractivity contribution < 1.29 is 20.1 Å². The normalized spacial score (nSPS) is 10.3. The lowest BCUT2D eigenvalue weighted by Gasteiger charge is -2.20. The Morgan fingerprint density at radius 1 is 1.24 bits per heavy atom. The van der Waals surface area contributed by atoms with Gasteiger partial charge in [0.25, 0.3) is 5.91 Å². The van der Waals surface area contributed by atoms with Gasteiger partial charge in [0.2, 0.25) is 0 Å². The molecule has 1 aromatic carbocycles. The van der Waals surface area contributed by atoms with Crippen molar-refractivity contribution in [1.82, 2.24) is 4.90 Å². The van der Waals surface area contributed by atoms with Crippen LogP contribution in [0.25, 0.3) is 0 Å². The molecule has 0 aromatic heterocycles. The molecule has 0 bridgehead atoms. The molecule has 0 unspecified atom stereocenters. The number of rotatable bonds is 5. The average Bonchev–Trinajstić information content (AvgIpc) is 2.31. The second kappa shape index (κ2) is 6.22. The maximum absolute atomic E-state index is 12.0. The van der Waals surface area contributed by atoms with Crippen molar-refractivity contribution in [3.8, 4) is 5.75 Å². The molecule has 17 heavy (non-hydrogen) atoms. The summed E-state index contributed by atoms with van der Waals surface area (Å²) >= 11 is 0. The summed E-state index contributed by atoms with van der Waals surface area (Å²) < 4.78 is 0. The van der Waals surface area contributed by atoms with Gasteiger partial charge in [0.15, 0.2) is 0 Å². The third kappa shape index (κ3) is 3.44. The summed E-state index contributed by atoms with van der Waals surface area (Å²) in [4.78, 5) is 13.4. The third-order valence-electron chi connectivity index (χ3n) is 2.47. The summed E-state index contributed by atoms with van der Waals surface area (Å²) in [5, 5.41) is 27.1. The highest BCUT2D eigenvalue weighted by Gasteiger charge is 2.15. The Bertz CT molecular complexity index is 386. The van der Waals surface area contributed by atoms with Gasteiger partial charge in [0.1, 0.15) is 5.75 Å². The number of phenols is 1. The highest BCUT2D eigenvalue weighted by Crippen LogP contribution is 2.18. The number of carbonyl (C=O) groups is 1. The molecule has 0 spiro atoms. The number of benzene rings is 1. The Kier molecular flexibility index (Phi) is 4.93. The van der Waals surface area contributed by atoms with Gasteiger partial charge >= 0.3 is 0 Å². The van der Waals surface area contributed by atoms with E-state index in [0.717, 1.165) is 0 Å². The highest BCUT2D eigenvalue weighted by molar-refractivity contribution is 5.94. The Morgan fingerprint density at radius 2 is 1.82 bits per heavy atom. The highest BCUT2D eigenvalue weighted by atomic mass is 16.3. The van der Waals surface area contributed by atoms with Crippen molar-refractivity contribution >= 4 is 5.91 Å². The van der Waals surface area contributed by atoms with Gasteiger partial charge in [0.05, 0.1) is 13.2 Å². The third-order valence-corrected chi connectivity index (χ3v) is 2.47. The molecule has 0 radical (unpaired) electrons. The lowest BCUT2D eigenvalue weighted by molar-refractivity contribution is 0.0684. The number of phenolic OH excluding ortho intramolecular Hbond substituents is 1. The van der Waals surface area contributed by atoms with Gasteiger partial charge in [-0.2, -0.15) is 0 Å². The molecule has 0 atom stereocenters. The first-order chi connectivity index (χ1) is 8.10. The van der Waals surface area contributed by atoms with E-state index < -0.39 is 0 Å². The lowest BCUT2D eigenvalue weighted by atomic mass is 10.1. The van der Waals surface area contributed by atoms with Crippen molar-refractivity contribution in [2.75, 3.05) is 26.3 Å². The monoisotopic (exact) mass is 239 g/mol. The van der Waals surface area contributed by atoms with E-state index in [1.165, 1.54) is 17.0 Å². The van der Waals surface area contributed by atoms with Gasteiger partial charge in [0, 0.05) is 18.7 Å². The molecule has 0 aliphatic carbocycles. The van der Waals surface area contributed by atoms with E-state index in [1.807, 2.05) is 0 Å². The number of amides is 1. The second-order valence-corrected chi connectivity index (χ2v) is 3.74. The van der Waals surface area contributed by atoms with Gasteiger partial charge in [-0.05, 0) is 30.7 Å². The number of nitrogens with zero attached hydrogens (tertiary/aromatic N) is 1. The van der Waals surface area contributed by atoms with Gasteiger partial charge in [-0.25, -0.2) is 0 Å². The van der Waals surface area contributed by atoms with Crippen molar-refractivity contribution in [2.24, 2.45) is 0 Å². The van der Waals surface area contributed by atoms with E-state index in [2.05, 4.69) is 0 Å². The van der Waals surface area contributed by atoms with Gasteiger partial charge < -0.3 is 20.2 Å². The number of hydrogen-bond donors (Lipinski definition) is 3. The van der Waals surface area contributed by atoms with E-state index in [4.69, 9.17) is 10.2 Å². The molecule has 1 aromatic rings. The van der Waals surface area contributed by atoms with Crippen LogP contribution < -0.4 is 0 Å². The number of aromatic hydroxyl groups is 1. The van der Waals surface area contributed by atoms with Crippen LogP contribution in [0.5, 0.6) is 5.75 Å². The van der Waals surface area contributed by atoms with Crippen molar-refractivity contribution in [1.29, 1.82) is 0 Å². The van der Waals surface area contributed by atoms with E-state index in [-0.39, 0.29) is 38.0 Å². The minimum atomic E-state index is -0.267. The fourth-order valence-electron chi connectivity index (χ4n) is 1.53. The Morgan fingerprint density at radius 3 is 2.29 bits per heavy atom. The summed E-state index contributed by atoms with van der Waals surface area (Å²) in [5.41, 5.74) is 1.05. The first-order valence-corrected chi connectivity index (χ1v) is 5.40. The molecule has 0 aliphatic rings. The molecule has 94 valence electrons. The summed E-state index contributed by atoms with van der Waals surface area (Å²) in [6.07, 6.45) is 0. The number of aryl methyl sites for hydroxylation is 1. The van der Waals surface area contributed by atoms with Crippen LogP contribution in [0.15, 0.2) is 18.2 Å². The van der Waals surface area contributed by atoms with Crippen molar-refractivity contribution in [2.45, 2.75) is 6.92 Å². The molecule has 0 heterocycles. The summed E-state index contributed by atoms with van der Waals surface area (Å²) in [6.45, 7) is 1.76. The number of carbonyl (C=O) groups excluding carboxylic acids is 1. The summed E-state index contributed by atoms with van der Waals surface area (Å²) in [7, 11) is 0. The van der Waals surface area contributed by atoms with Gasteiger partial charge in [-0.15, -0.1) is 0 Å². The number of hydrogen-bond acceptors (Lipinski definition) is 4. The van der Waals surface area contributed by atoms with Crippen LogP contribution in [0, 0.1) is 6.92 Å². The zero-order valence-electron chi connectivity index (χ0n) is 9.76. The van der Waals surface area contributed by atoms with Gasteiger partial charge in [-0.3, -0.25) is 4.79 Å². The second-order valence-electron chi connectivity index (χ2n) is 3.74. The molecular weight excluding hydrogens is 222 g/mol. The summed E-state index contributed by atoms with van der Waals surface area (Å²) in [5.74, 6) is -0.131. The first kappa shape index (κ1) is 13.5. The molecule has 0 saturated heterocycles. The van der Waals surface area contributed by atoms with E-state index in [1.54, 1.807) is 13.0 Å². The van der Waals surface area contributed by atoms with Crippen LogP contribution in [0.1, 0.15) is 15.9 Å². The quantitative estimate of drug-likeness (QED) is 0.682. The smallest absolute Gasteiger partial charge is 0.254 e. The fraction of sp³-hybridized carbons (Fsp3) is 0.417. The molecule has 1 amide bonds. The molecule has 0 fully saturated rings. The van der Waals surface area contributed by atoms with Crippen LogP contribution in [-0.2, 0) is 0 Å². The van der Waals surface area contributed by atoms with Gasteiger partial charge in [-0.1, -0.05) is 0 Å². The fourth-order valence-corrected chi connectivity index (χ4v) is 1.53. The van der Waals surface area contributed by atoms with Crippen LogP contribution in [0.3, 0.4) is 0 Å². The average molecular weight is 239 g/mol. The first-order valence-electron chi connectivity index (χ1n) is 5.40.